The van der Waals surface area contributed by atoms with Gasteiger partial charge in [-0.15, -0.1) is 10.2 Å². The van der Waals surface area contributed by atoms with E-state index in [-0.39, 0.29) is 0 Å². The Morgan fingerprint density at radius 2 is 2.00 bits per heavy atom. The van der Waals surface area contributed by atoms with Crippen LogP contribution in [0.15, 0.2) is 24.4 Å². The molecular weight excluding hydrogens is 292 g/mol. The molecule has 0 radical (unpaired) electrons. The molecule has 0 aliphatic carbocycles. The van der Waals surface area contributed by atoms with Gasteiger partial charge in [-0.3, -0.25) is 0 Å². The van der Waals surface area contributed by atoms with Gasteiger partial charge in [0.05, 0.1) is 6.57 Å². The summed E-state index contributed by atoms with van der Waals surface area (Å²) in [5.74, 6) is 1.43. The molecule has 0 aliphatic rings. The standard InChI is InChI=1S/C15H14N8/c1-9-6-11(16-3)7-10(2)12(9)8-18-13-4-5-17-14(19-13)15-20-22-23-21-15/h4-7H,8H2,1-2H3,(H,17,18,19)(H,20,21,22,23). The zero-order valence-corrected chi connectivity index (χ0v) is 12.7. The number of nitrogens with zero attached hydrogens (tertiary/aromatic N) is 6. The molecule has 0 spiro atoms. The molecule has 3 aromatic rings. The van der Waals surface area contributed by atoms with Gasteiger partial charge in [0.1, 0.15) is 5.82 Å². The topological polar surface area (TPSA) is 96.6 Å². The number of hydrogen-bond acceptors (Lipinski definition) is 6. The van der Waals surface area contributed by atoms with Crippen molar-refractivity contribution in [1.29, 1.82) is 0 Å². The van der Waals surface area contributed by atoms with Crippen molar-refractivity contribution < 1.29 is 0 Å². The SMILES string of the molecule is [C-]#[N+]c1cc(C)c(CNc2ccnc(-c3nn[nH]n3)n2)c(C)c1. The Hall–Kier alpha value is -3.34. The minimum atomic E-state index is 0.349. The largest absolute Gasteiger partial charge is 0.366 e. The van der Waals surface area contributed by atoms with Crippen LogP contribution in [0.5, 0.6) is 0 Å². The third-order valence-corrected chi connectivity index (χ3v) is 3.46. The molecule has 0 aliphatic heterocycles. The molecule has 0 saturated carbocycles. The Morgan fingerprint density at radius 3 is 2.65 bits per heavy atom. The molecule has 2 heterocycles. The van der Waals surface area contributed by atoms with Crippen LogP contribution in [-0.4, -0.2) is 30.6 Å². The van der Waals surface area contributed by atoms with Crippen LogP contribution in [0.2, 0.25) is 0 Å². The van der Waals surface area contributed by atoms with E-state index in [1.54, 1.807) is 12.3 Å². The van der Waals surface area contributed by atoms with Crippen LogP contribution in [0.4, 0.5) is 11.5 Å². The van der Waals surface area contributed by atoms with Gasteiger partial charge in [0.25, 0.3) is 0 Å². The summed E-state index contributed by atoms with van der Waals surface area (Å²) in [5, 5.41) is 16.9. The minimum absolute atomic E-state index is 0.349. The second kappa shape index (κ2) is 6.19. The van der Waals surface area contributed by atoms with Gasteiger partial charge >= 0.3 is 0 Å². The van der Waals surface area contributed by atoms with Crippen molar-refractivity contribution in [1.82, 2.24) is 30.6 Å². The van der Waals surface area contributed by atoms with Crippen molar-refractivity contribution in [2.75, 3.05) is 5.32 Å². The van der Waals surface area contributed by atoms with Crippen LogP contribution in [0.25, 0.3) is 16.5 Å². The number of hydrogen-bond donors (Lipinski definition) is 2. The van der Waals surface area contributed by atoms with E-state index in [0.717, 1.165) is 16.7 Å². The fourth-order valence-electron chi connectivity index (χ4n) is 2.31. The van der Waals surface area contributed by atoms with E-state index in [9.17, 15) is 0 Å². The molecule has 0 saturated heterocycles. The second-order valence-corrected chi connectivity index (χ2v) is 5.02. The van der Waals surface area contributed by atoms with Crippen LogP contribution in [0.1, 0.15) is 16.7 Å². The molecular formula is C15H14N8. The number of aryl methyl sites for hydroxylation is 2. The summed E-state index contributed by atoms with van der Waals surface area (Å²) in [5.41, 5.74) is 3.97. The summed E-state index contributed by atoms with van der Waals surface area (Å²) in [7, 11) is 0. The summed E-state index contributed by atoms with van der Waals surface area (Å²) in [6.07, 6.45) is 1.64. The average molecular weight is 306 g/mol. The Morgan fingerprint density at radius 1 is 1.22 bits per heavy atom. The molecule has 0 unspecified atom stereocenters. The van der Waals surface area contributed by atoms with Crippen LogP contribution in [0.3, 0.4) is 0 Å². The van der Waals surface area contributed by atoms with Crippen LogP contribution < -0.4 is 5.32 Å². The number of anilines is 1. The maximum absolute atomic E-state index is 7.11. The smallest absolute Gasteiger partial charge is 0.241 e. The highest BCUT2D eigenvalue weighted by atomic mass is 15.5. The van der Waals surface area contributed by atoms with Gasteiger partial charge in [0.15, 0.2) is 5.69 Å². The van der Waals surface area contributed by atoms with E-state index >= 15 is 0 Å². The maximum atomic E-state index is 7.11. The van der Waals surface area contributed by atoms with Gasteiger partial charge in [0, 0.05) is 12.7 Å². The van der Waals surface area contributed by atoms with E-state index < -0.39 is 0 Å². The predicted octanol–water partition coefficient (Wildman–Crippen LogP) is 2.44. The fraction of sp³-hybridized carbons (Fsp3) is 0.200. The minimum Gasteiger partial charge on any atom is -0.366 e. The predicted molar refractivity (Wildman–Crippen MR) is 84.7 cm³/mol. The fourth-order valence-corrected chi connectivity index (χ4v) is 2.31. The molecule has 8 nitrogen and oxygen atoms in total. The second-order valence-electron chi connectivity index (χ2n) is 5.02. The van der Waals surface area contributed by atoms with Gasteiger partial charge in [-0.25, -0.2) is 14.8 Å². The number of aromatic nitrogens is 6. The average Bonchev–Trinajstić information content (AvgIpc) is 3.08. The Balaban J connectivity index is 1.79. The van der Waals surface area contributed by atoms with E-state index in [1.807, 2.05) is 26.0 Å². The van der Waals surface area contributed by atoms with Gasteiger partial charge in [-0.05, 0) is 30.7 Å². The van der Waals surface area contributed by atoms with Gasteiger partial charge < -0.3 is 5.32 Å². The molecule has 2 aromatic heterocycles. The van der Waals surface area contributed by atoms with Crippen LogP contribution in [0, 0.1) is 20.4 Å². The number of rotatable bonds is 4. The third-order valence-electron chi connectivity index (χ3n) is 3.46. The summed E-state index contributed by atoms with van der Waals surface area (Å²) >= 11 is 0. The summed E-state index contributed by atoms with van der Waals surface area (Å²) in [6, 6.07) is 5.56. The van der Waals surface area contributed by atoms with Crippen LogP contribution in [-0.2, 0) is 6.54 Å². The van der Waals surface area contributed by atoms with Crippen molar-refractivity contribution in [2.45, 2.75) is 20.4 Å². The highest BCUT2D eigenvalue weighted by Crippen LogP contribution is 2.23. The van der Waals surface area contributed by atoms with Crippen LogP contribution >= 0.6 is 0 Å². The Bertz CT molecular complexity index is 840. The quantitative estimate of drug-likeness (QED) is 0.719. The molecule has 3 rings (SSSR count). The van der Waals surface area contributed by atoms with Gasteiger partial charge in [-0.2, -0.15) is 5.21 Å². The molecule has 2 N–H and O–H groups in total. The number of aromatic amines is 1. The van der Waals surface area contributed by atoms with Crippen molar-refractivity contribution in [3.05, 3.63) is 52.5 Å². The van der Waals surface area contributed by atoms with Gasteiger partial charge in [-0.1, -0.05) is 23.3 Å². The number of nitrogens with one attached hydrogen (secondary N) is 2. The molecule has 23 heavy (non-hydrogen) atoms. The molecule has 1 aromatic carbocycles. The number of benzene rings is 1. The molecule has 0 bridgehead atoms. The van der Waals surface area contributed by atoms with E-state index in [0.29, 0.717) is 29.7 Å². The molecule has 0 fully saturated rings. The molecule has 8 heteroatoms. The lowest BCUT2D eigenvalue weighted by molar-refractivity contribution is 0.881. The highest BCUT2D eigenvalue weighted by molar-refractivity contribution is 5.54. The van der Waals surface area contributed by atoms with Crippen molar-refractivity contribution >= 4 is 11.5 Å². The molecule has 0 atom stereocenters. The lowest BCUT2D eigenvalue weighted by Crippen LogP contribution is -2.06. The van der Waals surface area contributed by atoms with E-state index in [2.05, 4.69) is 40.8 Å². The third kappa shape index (κ3) is 3.13. The van der Waals surface area contributed by atoms with E-state index in [4.69, 9.17) is 6.57 Å². The Kier molecular flexibility index (Phi) is 3.93. The van der Waals surface area contributed by atoms with Gasteiger partial charge in [0.2, 0.25) is 11.6 Å². The first-order valence-corrected chi connectivity index (χ1v) is 6.95. The Labute approximate surface area is 132 Å². The maximum Gasteiger partial charge on any atom is 0.241 e. The summed E-state index contributed by atoms with van der Waals surface area (Å²) in [4.78, 5) is 12.0. The van der Waals surface area contributed by atoms with Crippen molar-refractivity contribution in [3.63, 3.8) is 0 Å². The van der Waals surface area contributed by atoms with Crippen molar-refractivity contribution in [3.8, 4) is 11.6 Å². The lowest BCUT2D eigenvalue weighted by Gasteiger charge is -2.12. The summed E-state index contributed by atoms with van der Waals surface area (Å²) < 4.78 is 0. The first-order chi connectivity index (χ1) is 11.2. The first-order valence-electron chi connectivity index (χ1n) is 6.95. The van der Waals surface area contributed by atoms with Crippen molar-refractivity contribution in [2.24, 2.45) is 0 Å². The molecule has 0 amide bonds. The monoisotopic (exact) mass is 306 g/mol. The normalized spacial score (nSPS) is 10.3. The van der Waals surface area contributed by atoms with E-state index in [1.165, 1.54) is 0 Å². The zero-order valence-electron chi connectivity index (χ0n) is 12.7. The highest BCUT2D eigenvalue weighted by Gasteiger charge is 2.09. The molecule has 114 valence electrons. The first kappa shape index (κ1) is 14.6. The zero-order chi connectivity index (χ0) is 16.2. The number of tetrazole rings is 1. The number of H-pyrrole nitrogens is 1. The lowest BCUT2D eigenvalue weighted by atomic mass is 10.0. The summed E-state index contributed by atoms with van der Waals surface area (Å²) in [6.45, 7) is 11.7.